The van der Waals surface area contributed by atoms with Crippen molar-refractivity contribution in [1.29, 1.82) is 0 Å². The number of methoxy groups -OCH3 is 1. The van der Waals surface area contributed by atoms with Gasteiger partial charge in [0.1, 0.15) is 23.0 Å². The van der Waals surface area contributed by atoms with Gasteiger partial charge < -0.3 is 24.2 Å². The number of furan rings is 1. The van der Waals surface area contributed by atoms with Crippen LogP contribution in [0.5, 0.6) is 5.75 Å². The van der Waals surface area contributed by atoms with Crippen molar-refractivity contribution in [2.24, 2.45) is 0 Å². The van der Waals surface area contributed by atoms with Crippen LogP contribution in [0.3, 0.4) is 0 Å². The Bertz CT molecular complexity index is 1410. The van der Waals surface area contributed by atoms with E-state index >= 15 is 0 Å². The third-order valence-electron chi connectivity index (χ3n) is 5.41. The quantitative estimate of drug-likeness (QED) is 0.379. The number of halogens is 1. The van der Waals surface area contributed by atoms with Crippen molar-refractivity contribution in [2.45, 2.75) is 27.3 Å². The molecule has 0 spiro atoms. The molecular formula is C26H24FN3O5. The number of rotatable bonds is 7. The Labute approximate surface area is 201 Å². The average molecular weight is 477 g/mol. The summed E-state index contributed by atoms with van der Waals surface area (Å²) in [7, 11) is 1.35. The molecule has 0 aliphatic carbocycles. The molecule has 0 unspecified atom stereocenters. The number of hydrogen-bond donors (Lipinski definition) is 2. The van der Waals surface area contributed by atoms with E-state index in [-0.39, 0.29) is 23.8 Å². The van der Waals surface area contributed by atoms with E-state index in [4.69, 9.17) is 13.6 Å². The zero-order valence-corrected chi connectivity index (χ0v) is 19.7. The molecule has 0 aliphatic rings. The molecule has 2 N–H and O–H groups in total. The Morgan fingerprint density at radius 2 is 1.77 bits per heavy atom. The lowest BCUT2D eigenvalue weighted by Crippen LogP contribution is -2.23. The molecule has 4 rings (SSSR count). The highest BCUT2D eigenvalue weighted by atomic mass is 19.1. The maximum atomic E-state index is 13.9. The maximum Gasteiger partial charge on any atom is 0.259 e. The maximum absolute atomic E-state index is 13.9. The molecule has 0 saturated heterocycles. The Morgan fingerprint density at radius 3 is 2.46 bits per heavy atom. The number of ether oxygens (including phenoxy) is 1. The third-order valence-corrected chi connectivity index (χ3v) is 5.41. The predicted molar refractivity (Wildman–Crippen MR) is 127 cm³/mol. The molecule has 2 aromatic heterocycles. The molecule has 8 nitrogen and oxygen atoms in total. The number of nitrogens with zero attached hydrogens (tertiary/aromatic N) is 1. The molecule has 0 aliphatic heterocycles. The number of amides is 2. The molecule has 0 saturated carbocycles. The molecular weight excluding hydrogens is 453 g/mol. The van der Waals surface area contributed by atoms with Gasteiger partial charge in [-0.2, -0.15) is 0 Å². The van der Waals surface area contributed by atoms with Gasteiger partial charge in [-0.25, -0.2) is 9.37 Å². The lowest BCUT2D eigenvalue weighted by molar-refractivity contribution is 0.0949. The predicted octanol–water partition coefficient (Wildman–Crippen LogP) is 5.19. The highest BCUT2D eigenvalue weighted by Gasteiger charge is 2.19. The summed E-state index contributed by atoms with van der Waals surface area (Å²) in [4.78, 5) is 29.7. The van der Waals surface area contributed by atoms with Crippen LogP contribution in [0.4, 0.5) is 10.1 Å². The van der Waals surface area contributed by atoms with Crippen LogP contribution in [-0.4, -0.2) is 23.9 Å². The zero-order valence-electron chi connectivity index (χ0n) is 19.7. The molecule has 9 heteroatoms. The van der Waals surface area contributed by atoms with E-state index in [1.165, 1.54) is 19.2 Å². The van der Waals surface area contributed by atoms with Crippen LogP contribution in [0.15, 0.2) is 57.4 Å². The van der Waals surface area contributed by atoms with Gasteiger partial charge in [0.2, 0.25) is 5.89 Å². The summed E-state index contributed by atoms with van der Waals surface area (Å²) in [5.41, 5.74) is 2.20. The Morgan fingerprint density at radius 1 is 1.00 bits per heavy atom. The molecule has 0 fully saturated rings. The molecule has 0 radical (unpaired) electrons. The highest BCUT2D eigenvalue weighted by Crippen LogP contribution is 2.30. The van der Waals surface area contributed by atoms with Crippen molar-refractivity contribution in [3.05, 3.63) is 88.4 Å². The van der Waals surface area contributed by atoms with Crippen LogP contribution >= 0.6 is 0 Å². The number of aryl methyl sites for hydroxylation is 3. The monoisotopic (exact) mass is 477 g/mol. The minimum atomic E-state index is -0.625. The molecule has 35 heavy (non-hydrogen) atoms. The fraction of sp³-hybridized carbons (Fsp3) is 0.192. The van der Waals surface area contributed by atoms with Gasteiger partial charge >= 0.3 is 0 Å². The standard InChI is InChI=1S/C26H24FN3O5/c1-14-11-19(15(2)34-14)25(32)29-21-8-6-5-7-18(21)26-30-22(16(3)35-26)13-28-24(31)17-9-10-23(33-4)20(27)12-17/h5-12H,13H2,1-4H3,(H,28,31)(H,29,32). The van der Waals surface area contributed by atoms with E-state index in [1.54, 1.807) is 51.1 Å². The van der Waals surface area contributed by atoms with Crippen LogP contribution in [0.2, 0.25) is 0 Å². The molecule has 2 heterocycles. The minimum absolute atomic E-state index is 0.0577. The number of aromatic nitrogens is 1. The minimum Gasteiger partial charge on any atom is -0.494 e. The average Bonchev–Trinajstić information content (AvgIpc) is 3.38. The molecule has 2 aromatic carbocycles. The number of oxazole rings is 1. The van der Waals surface area contributed by atoms with Crippen LogP contribution in [0.25, 0.3) is 11.5 Å². The smallest absolute Gasteiger partial charge is 0.259 e. The van der Waals surface area contributed by atoms with E-state index < -0.39 is 11.7 Å². The Kier molecular flexibility index (Phi) is 6.68. The highest BCUT2D eigenvalue weighted by molar-refractivity contribution is 6.06. The van der Waals surface area contributed by atoms with Gasteiger partial charge in [-0.1, -0.05) is 12.1 Å². The first-order valence-corrected chi connectivity index (χ1v) is 10.8. The number of benzene rings is 2. The first kappa shape index (κ1) is 23.7. The zero-order chi connectivity index (χ0) is 25.1. The Balaban J connectivity index is 1.50. The van der Waals surface area contributed by atoms with Crippen LogP contribution in [0.1, 0.15) is 43.7 Å². The first-order valence-electron chi connectivity index (χ1n) is 10.8. The molecule has 4 aromatic rings. The van der Waals surface area contributed by atoms with Crippen molar-refractivity contribution in [3.63, 3.8) is 0 Å². The van der Waals surface area contributed by atoms with Crippen molar-refractivity contribution >= 4 is 17.5 Å². The van der Waals surface area contributed by atoms with Crippen molar-refractivity contribution in [1.82, 2.24) is 10.3 Å². The van der Waals surface area contributed by atoms with Crippen molar-refractivity contribution in [3.8, 4) is 17.2 Å². The number of nitrogens with one attached hydrogen (secondary N) is 2. The van der Waals surface area contributed by atoms with E-state index in [9.17, 15) is 14.0 Å². The number of carbonyl (C=O) groups is 2. The molecule has 180 valence electrons. The second kappa shape index (κ2) is 9.84. The second-order valence-corrected chi connectivity index (χ2v) is 7.88. The van der Waals surface area contributed by atoms with Gasteiger partial charge in [-0.15, -0.1) is 0 Å². The van der Waals surface area contributed by atoms with Crippen molar-refractivity contribution < 1.29 is 27.6 Å². The van der Waals surface area contributed by atoms with E-state index in [2.05, 4.69) is 15.6 Å². The van der Waals surface area contributed by atoms with Gasteiger partial charge in [-0.3, -0.25) is 9.59 Å². The lowest BCUT2D eigenvalue weighted by Gasteiger charge is -2.08. The van der Waals surface area contributed by atoms with Gasteiger partial charge in [0.25, 0.3) is 11.8 Å². The van der Waals surface area contributed by atoms with Crippen LogP contribution in [-0.2, 0) is 6.54 Å². The summed E-state index contributed by atoms with van der Waals surface area (Å²) in [5, 5.41) is 5.59. The van der Waals surface area contributed by atoms with Crippen LogP contribution < -0.4 is 15.4 Å². The fourth-order valence-electron chi connectivity index (χ4n) is 3.61. The van der Waals surface area contributed by atoms with Crippen LogP contribution in [0, 0.1) is 26.6 Å². The number of hydrogen-bond acceptors (Lipinski definition) is 6. The summed E-state index contributed by atoms with van der Waals surface area (Å²) in [6.07, 6.45) is 0. The molecule has 0 atom stereocenters. The van der Waals surface area contributed by atoms with Gasteiger partial charge in [0.15, 0.2) is 11.6 Å². The second-order valence-electron chi connectivity index (χ2n) is 7.88. The number of anilines is 1. The molecule has 0 bridgehead atoms. The van der Waals surface area contributed by atoms with Gasteiger partial charge in [0.05, 0.1) is 30.5 Å². The van der Waals surface area contributed by atoms with E-state index in [0.717, 1.165) is 6.07 Å². The van der Waals surface area contributed by atoms with Gasteiger partial charge in [-0.05, 0) is 57.2 Å². The fourth-order valence-corrected chi connectivity index (χ4v) is 3.61. The summed E-state index contributed by atoms with van der Waals surface area (Å²) in [6, 6.07) is 12.8. The van der Waals surface area contributed by atoms with Crippen molar-refractivity contribution in [2.75, 3.05) is 12.4 Å². The largest absolute Gasteiger partial charge is 0.494 e. The summed E-state index contributed by atoms with van der Waals surface area (Å²) in [6.45, 7) is 5.30. The number of carbonyl (C=O) groups excluding carboxylic acids is 2. The SMILES string of the molecule is COc1ccc(C(=O)NCc2nc(-c3ccccc3NC(=O)c3cc(C)oc3C)oc2C)cc1F. The van der Waals surface area contributed by atoms with E-state index in [1.807, 2.05) is 0 Å². The molecule has 2 amide bonds. The topological polar surface area (TPSA) is 107 Å². The summed E-state index contributed by atoms with van der Waals surface area (Å²) < 4.78 is 30.1. The third kappa shape index (κ3) is 5.08. The normalized spacial score (nSPS) is 10.8. The summed E-state index contributed by atoms with van der Waals surface area (Å²) >= 11 is 0. The van der Waals surface area contributed by atoms with Gasteiger partial charge in [0, 0.05) is 5.56 Å². The Hall–Kier alpha value is -4.40. The number of para-hydroxylation sites is 1. The lowest BCUT2D eigenvalue weighted by atomic mass is 10.1. The first-order chi connectivity index (χ1) is 16.8. The summed E-state index contributed by atoms with van der Waals surface area (Å²) in [5.74, 6) is 0.625. The van der Waals surface area contributed by atoms with E-state index in [0.29, 0.717) is 45.7 Å².